The molecule has 0 saturated carbocycles. The Morgan fingerprint density at radius 1 is 1.13 bits per heavy atom. The molecule has 12 heteroatoms. The van der Waals surface area contributed by atoms with E-state index in [1.54, 1.807) is 38.1 Å². The van der Waals surface area contributed by atoms with Gasteiger partial charge in [-0.05, 0) is 49.9 Å². The monoisotopic (exact) mass is 548 g/mol. The van der Waals surface area contributed by atoms with Crippen molar-refractivity contribution in [2.75, 3.05) is 24.2 Å². The second kappa shape index (κ2) is 13.2. The molecule has 208 valence electrons. The summed E-state index contributed by atoms with van der Waals surface area (Å²) in [6.07, 6.45) is 1.91. The van der Waals surface area contributed by atoms with E-state index in [-0.39, 0.29) is 36.3 Å². The number of aryl methyl sites for hydroxylation is 1. The number of nitro groups is 1. The fourth-order valence-electron chi connectivity index (χ4n) is 3.90. The van der Waals surface area contributed by atoms with Crippen LogP contribution >= 0.6 is 0 Å². The van der Waals surface area contributed by atoms with Crippen LogP contribution in [-0.2, 0) is 26.2 Å². The molecule has 1 N–H and O–H groups in total. The predicted octanol–water partition coefficient (Wildman–Crippen LogP) is 3.40. The van der Waals surface area contributed by atoms with Crippen molar-refractivity contribution < 1.29 is 27.7 Å². The van der Waals surface area contributed by atoms with E-state index >= 15 is 0 Å². The van der Waals surface area contributed by atoms with Crippen LogP contribution in [-0.4, -0.2) is 62.0 Å². The Bertz CT molecular complexity index is 1270. The standard InChI is InChI=1S/C26H36N4O7S/c1-7-19(4)27-26(32)23(8-2)28(16-20-10-9-11-22(14-20)37-5)25(31)17-29(38(6,35)36)24-15-21(30(33)34)13-12-18(24)3/h9-15,19,23H,7-8,16-17H2,1-6H3,(H,27,32)/t19-,23-/m1/s1. The van der Waals surface area contributed by atoms with E-state index in [0.29, 0.717) is 23.3 Å². The SMILES string of the molecule is CC[C@@H](C)NC(=O)[C@@H](CC)N(Cc1cccc(OC)c1)C(=O)CN(c1cc([N+](=O)[O-])ccc1C)S(C)(=O)=O. The van der Waals surface area contributed by atoms with Crippen molar-refractivity contribution in [2.45, 2.75) is 59.2 Å². The van der Waals surface area contributed by atoms with Gasteiger partial charge in [-0.25, -0.2) is 8.42 Å². The first-order valence-electron chi connectivity index (χ1n) is 12.3. The fourth-order valence-corrected chi connectivity index (χ4v) is 4.80. The van der Waals surface area contributed by atoms with Gasteiger partial charge >= 0.3 is 0 Å². The molecule has 0 unspecified atom stereocenters. The molecule has 0 heterocycles. The van der Waals surface area contributed by atoms with E-state index in [1.165, 1.54) is 24.1 Å². The van der Waals surface area contributed by atoms with Gasteiger partial charge in [-0.2, -0.15) is 0 Å². The first-order valence-corrected chi connectivity index (χ1v) is 14.1. The van der Waals surface area contributed by atoms with Crippen molar-refractivity contribution in [3.05, 3.63) is 63.7 Å². The quantitative estimate of drug-likeness (QED) is 0.299. The lowest BCUT2D eigenvalue weighted by Crippen LogP contribution is -2.53. The van der Waals surface area contributed by atoms with Gasteiger partial charge in [0.1, 0.15) is 18.3 Å². The van der Waals surface area contributed by atoms with Crippen molar-refractivity contribution in [1.82, 2.24) is 10.2 Å². The van der Waals surface area contributed by atoms with E-state index in [9.17, 15) is 28.1 Å². The highest BCUT2D eigenvalue weighted by Gasteiger charge is 2.33. The Labute approximate surface area is 224 Å². The minimum absolute atomic E-state index is 0.0217. The molecule has 2 aromatic carbocycles. The maximum atomic E-state index is 13.8. The highest BCUT2D eigenvalue weighted by molar-refractivity contribution is 7.92. The average Bonchev–Trinajstić information content (AvgIpc) is 2.86. The molecule has 0 aromatic heterocycles. The first kappa shape index (κ1) is 30.6. The molecule has 0 bridgehead atoms. The summed E-state index contributed by atoms with van der Waals surface area (Å²) in [5, 5.41) is 14.3. The number of amides is 2. The number of anilines is 1. The number of nitrogens with one attached hydrogen (secondary N) is 1. The highest BCUT2D eigenvalue weighted by atomic mass is 32.2. The Morgan fingerprint density at radius 3 is 2.37 bits per heavy atom. The van der Waals surface area contributed by atoms with Crippen molar-refractivity contribution in [2.24, 2.45) is 0 Å². The molecule has 0 fully saturated rings. The third-order valence-corrected chi connectivity index (χ3v) is 7.35. The number of hydrogen-bond donors (Lipinski definition) is 1. The Morgan fingerprint density at radius 2 is 1.82 bits per heavy atom. The van der Waals surface area contributed by atoms with E-state index in [2.05, 4.69) is 5.32 Å². The number of hydrogen-bond acceptors (Lipinski definition) is 7. The van der Waals surface area contributed by atoms with Crippen LogP contribution in [0.1, 0.15) is 44.7 Å². The van der Waals surface area contributed by atoms with Crippen LogP contribution in [0.15, 0.2) is 42.5 Å². The first-order chi connectivity index (χ1) is 17.8. The molecule has 38 heavy (non-hydrogen) atoms. The summed E-state index contributed by atoms with van der Waals surface area (Å²) in [5.74, 6) is -0.414. The zero-order valence-corrected chi connectivity index (χ0v) is 23.4. The Balaban J connectivity index is 2.54. The Hall–Kier alpha value is -3.67. The molecule has 0 radical (unpaired) electrons. The molecular formula is C26H36N4O7S. The minimum Gasteiger partial charge on any atom is -0.497 e. The van der Waals surface area contributed by atoms with Gasteiger partial charge in [-0.1, -0.05) is 32.0 Å². The maximum Gasteiger partial charge on any atom is 0.271 e. The van der Waals surface area contributed by atoms with Crippen LogP contribution in [0.5, 0.6) is 5.75 Å². The number of sulfonamides is 1. The van der Waals surface area contributed by atoms with Gasteiger partial charge in [0, 0.05) is 24.7 Å². The van der Waals surface area contributed by atoms with Crippen LogP contribution in [0.25, 0.3) is 0 Å². The van der Waals surface area contributed by atoms with E-state index in [1.807, 2.05) is 13.8 Å². The highest BCUT2D eigenvalue weighted by Crippen LogP contribution is 2.28. The number of nitrogens with zero attached hydrogens (tertiary/aromatic N) is 3. The summed E-state index contributed by atoms with van der Waals surface area (Å²) in [7, 11) is -2.51. The number of nitro benzene ring substituents is 1. The van der Waals surface area contributed by atoms with Gasteiger partial charge in [-0.15, -0.1) is 0 Å². The van der Waals surface area contributed by atoms with Crippen LogP contribution in [0, 0.1) is 17.0 Å². The minimum atomic E-state index is -4.03. The summed E-state index contributed by atoms with van der Waals surface area (Å²) in [6, 6.07) is 9.84. The fraction of sp³-hybridized carbons (Fsp3) is 0.462. The van der Waals surface area contributed by atoms with Crippen molar-refractivity contribution in [1.29, 1.82) is 0 Å². The van der Waals surface area contributed by atoms with Crippen LogP contribution in [0.2, 0.25) is 0 Å². The largest absolute Gasteiger partial charge is 0.497 e. The van der Waals surface area contributed by atoms with E-state index in [0.717, 1.165) is 16.6 Å². The zero-order chi connectivity index (χ0) is 28.6. The number of ether oxygens (including phenoxy) is 1. The van der Waals surface area contributed by atoms with Crippen molar-refractivity contribution in [3.8, 4) is 5.75 Å². The number of methoxy groups -OCH3 is 1. The van der Waals surface area contributed by atoms with Crippen LogP contribution in [0.3, 0.4) is 0 Å². The van der Waals surface area contributed by atoms with Gasteiger partial charge < -0.3 is 15.0 Å². The number of benzene rings is 2. The van der Waals surface area contributed by atoms with Crippen LogP contribution < -0.4 is 14.4 Å². The zero-order valence-electron chi connectivity index (χ0n) is 22.6. The van der Waals surface area contributed by atoms with Gasteiger partial charge in [0.25, 0.3) is 5.69 Å². The molecule has 2 aromatic rings. The van der Waals surface area contributed by atoms with Gasteiger partial charge in [0.15, 0.2) is 0 Å². The number of carbonyl (C=O) groups excluding carboxylic acids is 2. The summed E-state index contributed by atoms with van der Waals surface area (Å²) >= 11 is 0. The topological polar surface area (TPSA) is 139 Å². The summed E-state index contributed by atoms with van der Waals surface area (Å²) < 4.78 is 31.8. The molecule has 0 spiro atoms. The average molecular weight is 549 g/mol. The molecule has 2 atom stereocenters. The lowest BCUT2D eigenvalue weighted by Gasteiger charge is -2.33. The lowest BCUT2D eigenvalue weighted by molar-refractivity contribution is -0.384. The number of rotatable bonds is 13. The van der Waals surface area contributed by atoms with Crippen LogP contribution in [0.4, 0.5) is 11.4 Å². The van der Waals surface area contributed by atoms with Crippen molar-refractivity contribution in [3.63, 3.8) is 0 Å². The molecule has 0 aliphatic carbocycles. The predicted molar refractivity (Wildman–Crippen MR) is 146 cm³/mol. The third kappa shape index (κ3) is 7.91. The third-order valence-electron chi connectivity index (χ3n) is 6.23. The maximum absolute atomic E-state index is 13.8. The second-order valence-corrected chi connectivity index (χ2v) is 11.0. The smallest absolute Gasteiger partial charge is 0.271 e. The van der Waals surface area contributed by atoms with E-state index < -0.39 is 33.4 Å². The molecule has 0 aliphatic heterocycles. The number of non-ortho nitro benzene ring substituents is 1. The second-order valence-electron chi connectivity index (χ2n) is 9.11. The molecule has 2 amide bonds. The molecule has 2 rings (SSSR count). The molecule has 11 nitrogen and oxygen atoms in total. The Kier molecular flexibility index (Phi) is 10.6. The van der Waals surface area contributed by atoms with Gasteiger partial charge in [-0.3, -0.25) is 24.0 Å². The van der Waals surface area contributed by atoms with Gasteiger partial charge in [0.05, 0.1) is 24.0 Å². The summed E-state index contributed by atoms with van der Waals surface area (Å²) in [5.41, 5.74) is 0.840. The van der Waals surface area contributed by atoms with Gasteiger partial charge in [0.2, 0.25) is 21.8 Å². The number of carbonyl (C=O) groups is 2. The lowest BCUT2D eigenvalue weighted by atomic mass is 10.1. The molecule has 0 aliphatic rings. The van der Waals surface area contributed by atoms with Crippen molar-refractivity contribution >= 4 is 33.2 Å². The summed E-state index contributed by atoms with van der Waals surface area (Å²) in [4.78, 5) is 39.0. The molecule has 0 saturated heterocycles. The summed E-state index contributed by atoms with van der Waals surface area (Å²) in [6.45, 7) is 6.54. The normalized spacial score (nSPS) is 12.8. The van der Waals surface area contributed by atoms with E-state index in [4.69, 9.17) is 4.74 Å². The molecular weight excluding hydrogens is 512 g/mol.